The van der Waals surface area contributed by atoms with Gasteiger partial charge in [-0.15, -0.1) is 0 Å². The topological polar surface area (TPSA) is 15.3 Å². The number of anilines is 1. The van der Waals surface area contributed by atoms with Crippen molar-refractivity contribution >= 4 is 5.69 Å². The maximum atomic E-state index is 3.17. The van der Waals surface area contributed by atoms with Gasteiger partial charge in [-0.2, -0.15) is 0 Å². The average Bonchev–Trinajstić information content (AvgIpc) is 2.71. The van der Waals surface area contributed by atoms with E-state index < -0.39 is 0 Å². The average molecular weight is 188 g/mol. The van der Waals surface area contributed by atoms with Crippen LogP contribution in [0.2, 0.25) is 0 Å². The van der Waals surface area contributed by atoms with E-state index in [9.17, 15) is 0 Å². The lowest BCUT2D eigenvalue weighted by Crippen LogP contribution is -2.29. The Labute approximate surface area is 85.2 Å². The van der Waals surface area contributed by atoms with Crippen LogP contribution in [0.1, 0.15) is 25.3 Å². The molecule has 1 aromatic carbocycles. The van der Waals surface area contributed by atoms with Crippen LogP contribution >= 0.6 is 0 Å². The van der Waals surface area contributed by atoms with Crippen LogP contribution in [0.25, 0.3) is 0 Å². The predicted octanol–water partition coefficient (Wildman–Crippen LogP) is 2.65. The Morgan fingerprint density at radius 1 is 1.21 bits per heavy atom. The Morgan fingerprint density at radius 2 is 1.93 bits per heavy atom. The maximum Gasteiger partial charge on any atom is 0.0592 e. The molecular formula is C12H16N2. The fourth-order valence-corrected chi connectivity index (χ4v) is 1.57. The normalized spacial score (nSPS) is 14.9. The quantitative estimate of drug-likeness (QED) is 0.767. The molecule has 14 heavy (non-hydrogen) atoms. The predicted molar refractivity (Wildman–Crippen MR) is 60.2 cm³/mol. The minimum Gasteiger partial charge on any atom is -0.306 e. The Bertz CT molecular complexity index is 317. The highest BCUT2D eigenvalue weighted by atomic mass is 15.5. The van der Waals surface area contributed by atoms with Gasteiger partial charge in [0.2, 0.25) is 0 Å². The first-order valence-corrected chi connectivity index (χ1v) is 5.06. The molecule has 1 aromatic rings. The standard InChI is InChI=1S/C12H16N2/c1-10(2)11-4-6-12(7-5-11)14-9-3-8-13-14/h3-8,10,13H,9H2,1-2H3. The fraction of sp³-hybridized carbons (Fsp3) is 0.333. The van der Waals surface area contributed by atoms with Crippen LogP contribution in [0.5, 0.6) is 0 Å². The van der Waals surface area contributed by atoms with Gasteiger partial charge in [0.05, 0.1) is 12.2 Å². The highest BCUT2D eigenvalue weighted by Gasteiger charge is 2.06. The van der Waals surface area contributed by atoms with Crippen LogP contribution in [-0.4, -0.2) is 6.54 Å². The summed E-state index contributed by atoms with van der Waals surface area (Å²) in [6.45, 7) is 5.37. The summed E-state index contributed by atoms with van der Waals surface area (Å²) in [5.74, 6) is 0.605. The zero-order chi connectivity index (χ0) is 9.97. The second-order valence-electron chi connectivity index (χ2n) is 3.89. The molecule has 0 atom stereocenters. The van der Waals surface area contributed by atoms with Crippen LogP contribution in [-0.2, 0) is 0 Å². The third kappa shape index (κ3) is 1.74. The van der Waals surface area contributed by atoms with Crippen LogP contribution in [0.15, 0.2) is 36.5 Å². The second-order valence-corrected chi connectivity index (χ2v) is 3.89. The number of hydrazine groups is 1. The molecule has 2 heteroatoms. The third-order valence-corrected chi connectivity index (χ3v) is 2.51. The largest absolute Gasteiger partial charge is 0.306 e. The number of nitrogens with zero attached hydrogens (tertiary/aromatic N) is 1. The number of rotatable bonds is 2. The molecule has 0 saturated heterocycles. The first kappa shape index (κ1) is 9.13. The van der Waals surface area contributed by atoms with E-state index in [0.717, 1.165) is 6.54 Å². The number of benzene rings is 1. The first-order chi connectivity index (χ1) is 6.77. The molecule has 0 fully saturated rings. The molecule has 1 aliphatic rings. The van der Waals surface area contributed by atoms with Crippen molar-refractivity contribution in [2.45, 2.75) is 19.8 Å². The van der Waals surface area contributed by atoms with E-state index in [4.69, 9.17) is 0 Å². The van der Waals surface area contributed by atoms with Gasteiger partial charge in [-0.1, -0.05) is 26.0 Å². The lowest BCUT2D eigenvalue weighted by atomic mass is 10.0. The van der Waals surface area contributed by atoms with Gasteiger partial charge in [-0.05, 0) is 29.7 Å². The lowest BCUT2D eigenvalue weighted by molar-refractivity contribution is 0.834. The highest BCUT2D eigenvalue weighted by Crippen LogP contribution is 2.19. The van der Waals surface area contributed by atoms with E-state index in [1.807, 2.05) is 6.20 Å². The molecule has 74 valence electrons. The van der Waals surface area contributed by atoms with Gasteiger partial charge in [0.25, 0.3) is 0 Å². The molecule has 0 saturated carbocycles. The van der Waals surface area contributed by atoms with Gasteiger partial charge in [-0.3, -0.25) is 5.01 Å². The van der Waals surface area contributed by atoms with Gasteiger partial charge < -0.3 is 5.43 Å². The highest BCUT2D eigenvalue weighted by molar-refractivity contribution is 5.48. The molecule has 0 aliphatic carbocycles. The Kier molecular flexibility index (Phi) is 2.44. The molecule has 1 heterocycles. The van der Waals surface area contributed by atoms with E-state index in [1.165, 1.54) is 11.3 Å². The zero-order valence-electron chi connectivity index (χ0n) is 8.70. The number of nitrogens with one attached hydrogen (secondary N) is 1. The summed E-state index contributed by atoms with van der Waals surface area (Å²) in [5, 5.41) is 2.12. The van der Waals surface area contributed by atoms with Crippen molar-refractivity contribution in [1.29, 1.82) is 0 Å². The summed E-state index contributed by atoms with van der Waals surface area (Å²) in [4.78, 5) is 0. The van der Waals surface area contributed by atoms with Crippen molar-refractivity contribution in [3.8, 4) is 0 Å². The summed E-state index contributed by atoms with van der Waals surface area (Å²) < 4.78 is 0. The van der Waals surface area contributed by atoms with E-state index in [0.29, 0.717) is 5.92 Å². The molecule has 1 aliphatic heterocycles. The molecule has 2 rings (SSSR count). The monoisotopic (exact) mass is 188 g/mol. The molecule has 2 nitrogen and oxygen atoms in total. The number of hydrogen-bond acceptors (Lipinski definition) is 2. The van der Waals surface area contributed by atoms with Crippen LogP contribution in [0.4, 0.5) is 5.69 Å². The Morgan fingerprint density at radius 3 is 2.43 bits per heavy atom. The summed E-state index contributed by atoms with van der Waals surface area (Å²) in [5.41, 5.74) is 5.79. The van der Waals surface area contributed by atoms with Gasteiger partial charge in [-0.25, -0.2) is 0 Å². The SMILES string of the molecule is CC(C)c1ccc(N2CC=CN2)cc1. The van der Waals surface area contributed by atoms with Crippen LogP contribution in [0, 0.1) is 0 Å². The molecule has 0 aromatic heterocycles. The molecule has 0 amide bonds. The molecule has 0 radical (unpaired) electrons. The molecule has 0 unspecified atom stereocenters. The smallest absolute Gasteiger partial charge is 0.0592 e. The van der Waals surface area contributed by atoms with Crippen molar-refractivity contribution in [1.82, 2.24) is 5.43 Å². The summed E-state index contributed by atoms with van der Waals surface area (Å²) in [6.07, 6.45) is 4.08. The van der Waals surface area contributed by atoms with Gasteiger partial charge in [0.1, 0.15) is 0 Å². The van der Waals surface area contributed by atoms with Crippen molar-refractivity contribution in [2.75, 3.05) is 11.6 Å². The molecule has 1 N–H and O–H groups in total. The zero-order valence-corrected chi connectivity index (χ0v) is 8.70. The third-order valence-electron chi connectivity index (χ3n) is 2.51. The Hall–Kier alpha value is -1.44. The van der Waals surface area contributed by atoms with Gasteiger partial charge in [0, 0.05) is 6.20 Å². The summed E-state index contributed by atoms with van der Waals surface area (Å²) in [6, 6.07) is 8.71. The number of hydrogen-bond donors (Lipinski definition) is 1. The van der Waals surface area contributed by atoms with Gasteiger partial charge >= 0.3 is 0 Å². The summed E-state index contributed by atoms with van der Waals surface area (Å²) in [7, 11) is 0. The van der Waals surface area contributed by atoms with Crippen molar-refractivity contribution in [3.63, 3.8) is 0 Å². The van der Waals surface area contributed by atoms with Crippen molar-refractivity contribution in [2.24, 2.45) is 0 Å². The minimum absolute atomic E-state index is 0.605. The van der Waals surface area contributed by atoms with Crippen molar-refractivity contribution < 1.29 is 0 Å². The maximum absolute atomic E-state index is 3.17. The second kappa shape index (κ2) is 3.74. The minimum atomic E-state index is 0.605. The molecule has 0 spiro atoms. The van der Waals surface area contributed by atoms with Crippen LogP contribution < -0.4 is 10.4 Å². The van der Waals surface area contributed by atoms with Gasteiger partial charge in [0.15, 0.2) is 0 Å². The first-order valence-electron chi connectivity index (χ1n) is 5.06. The van der Waals surface area contributed by atoms with E-state index in [-0.39, 0.29) is 0 Å². The van der Waals surface area contributed by atoms with E-state index in [1.54, 1.807) is 0 Å². The molecule has 0 bridgehead atoms. The van der Waals surface area contributed by atoms with Crippen LogP contribution in [0.3, 0.4) is 0 Å². The van der Waals surface area contributed by atoms with E-state index in [2.05, 4.69) is 54.6 Å². The fourth-order valence-electron chi connectivity index (χ4n) is 1.57. The van der Waals surface area contributed by atoms with Crippen molar-refractivity contribution in [3.05, 3.63) is 42.1 Å². The summed E-state index contributed by atoms with van der Waals surface area (Å²) >= 11 is 0. The molecular weight excluding hydrogens is 172 g/mol. The Balaban J connectivity index is 2.13. The van der Waals surface area contributed by atoms with E-state index >= 15 is 0 Å². The lowest BCUT2D eigenvalue weighted by Gasteiger charge is -2.19.